The first-order chi connectivity index (χ1) is 10.5. The average molecular weight is 328 g/mol. The lowest BCUT2D eigenvalue weighted by Crippen LogP contribution is -2.51. The highest BCUT2D eigenvalue weighted by atomic mass is 32.2. The molecule has 0 radical (unpaired) electrons. The highest BCUT2D eigenvalue weighted by molar-refractivity contribution is 7.88. The monoisotopic (exact) mass is 328 g/mol. The van der Waals surface area contributed by atoms with Gasteiger partial charge in [-0.05, 0) is 31.4 Å². The smallest absolute Gasteiger partial charge is 0.216 e. The molecule has 0 aromatic heterocycles. The summed E-state index contributed by atoms with van der Waals surface area (Å²) < 4.78 is 32.9. The largest absolute Gasteiger partial charge is 0.394 e. The van der Waals surface area contributed by atoms with Gasteiger partial charge in [0.05, 0.1) is 30.6 Å². The Morgan fingerprint density at radius 1 is 1.27 bits per heavy atom. The molecule has 1 aliphatic heterocycles. The number of hydrogen-bond acceptors (Lipinski definition) is 5. The van der Waals surface area contributed by atoms with Crippen molar-refractivity contribution in [2.75, 3.05) is 13.2 Å². The van der Waals surface area contributed by atoms with Gasteiger partial charge in [-0.2, -0.15) is 0 Å². The van der Waals surface area contributed by atoms with E-state index in [2.05, 4.69) is 4.72 Å². The molecule has 0 amide bonds. The summed E-state index contributed by atoms with van der Waals surface area (Å²) in [5.41, 5.74) is 6.24. The van der Waals surface area contributed by atoms with Crippen LogP contribution in [-0.2, 0) is 20.5 Å². The predicted octanol–water partition coefficient (Wildman–Crippen LogP) is 0.363. The van der Waals surface area contributed by atoms with E-state index in [4.69, 9.17) is 10.5 Å². The molecule has 0 saturated carbocycles. The Labute approximate surface area is 131 Å². The van der Waals surface area contributed by atoms with E-state index in [0.29, 0.717) is 13.0 Å². The molecule has 1 saturated heterocycles. The first-order valence-electron chi connectivity index (χ1n) is 7.54. The van der Waals surface area contributed by atoms with Crippen molar-refractivity contribution in [2.45, 2.75) is 43.3 Å². The number of hydrogen-bond donors (Lipinski definition) is 3. The zero-order chi connectivity index (χ0) is 16.0. The summed E-state index contributed by atoms with van der Waals surface area (Å²) in [6.07, 6.45) is 1.59. The van der Waals surface area contributed by atoms with Gasteiger partial charge in [-0.25, -0.2) is 13.1 Å². The van der Waals surface area contributed by atoms with E-state index in [1.807, 2.05) is 18.2 Å². The summed E-state index contributed by atoms with van der Waals surface area (Å²) in [6.45, 7) is 0.312. The van der Waals surface area contributed by atoms with E-state index in [0.717, 1.165) is 18.4 Å². The zero-order valence-electron chi connectivity index (χ0n) is 12.5. The number of rotatable bonds is 7. The van der Waals surface area contributed by atoms with Crippen molar-refractivity contribution in [1.29, 1.82) is 0 Å². The third kappa shape index (κ3) is 5.03. The third-order valence-electron chi connectivity index (χ3n) is 3.81. The molecule has 0 aliphatic carbocycles. The second-order valence-electron chi connectivity index (χ2n) is 5.60. The van der Waals surface area contributed by atoms with Gasteiger partial charge >= 0.3 is 0 Å². The lowest BCUT2D eigenvalue weighted by molar-refractivity contribution is -0.0867. The van der Waals surface area contributed by atoms with Gasteiger partial charge in [0.15, 0.2) is 0 Å². The van der Waals surface area contributed by atoms with Crippen molar-refractivity contribution in [1.82, 2.24) is 4.72 Å². The number of nitrogens with two attached hydrogens (primary N) is 1. The molecule has 22 heavy (non-hydrogen) atoms. The van der Waals surface area contributed by atoms with Gasteiger partial charge in [0.25, 0.3) is 0 Å². The minimum absolute atomic E-state index is 0.00275. The first-order valence-corrected chi connectivity index (χ1v) is 9.19. The molecule has 1 aliphatic rings. The second-order valence-corrected chi connectivity index (χ2v) is 7.36. The first kappa shape index (κ1) is 17.4. The Balaban J connectivity index is 1.96. The molecule has 1 aromatic carbocycles. The molecule has 1 aromatic rings. The molecule has 6 nitrogen and oxygen atoms in total. The van der Waals surface area contributed by atoms with Gasteiger partial charge < -0.3 is 15.6 Å². The quantitative estimate of drug-likeness (QED) is 0.671. The average Bonchev–Trinajstić information content (AvgIpc) is 2.49. The Bertz CT molecular complexity index is 550. The Hall–Kier alpha value is -0.990. The normalized spacial score (nSPS) is 26.0. The summed E-state index contributed by atoms with van der Waals surface area (Å²) in [6, 6.07) is 8.62. The van der Waals surface area contributed by atoms with Crippen molar-refractivity contribution in [2.24, 2.45) is 5.73 Å². The maximum absolute atomic E-state index is 12.3. The predicted molar refractivity (Wildman–Crippen MR) is 84.6 cm³/mol. The summed E-state index contributed by atoms with van der Waals surface area (Å²) in [4.78, 5) is 0. The van der Waals surface area contributed by atoms with Crippen LogP contribution >= 0.6 is 0 Å². The van der Waals surface area contributed by atoms with E-state index in [-0.39, 0.29) is 18.5 Å². The summed E-state index contributed by atoms with van der Waals surface area (Å²) in [5.74, 6) is -0.0747. The molecular weight excluding hydrogens is 304 g/mol. The fourth-order valence-electron chi connectivity index (χ4n) is 2.73. The van der Waals surface area contributed by atoms with E-state index in [9.17, 15) is 13.5 Å². The standard InChI is InChI=1S/C15H24N2O4S/c16-9-8-13-6-7-14(15(10-18)21-13)17-22(19,20)11-12-4-2-1-3-5-12/h1-5,13-15,17-18H,6-11,16H2/t13-,14-,15-/m1/s1. The van der Waals surface area contributed by atoms with Gasteiger partial charge in [0, 0.05) is 0 Å². The number of aliphatic hydroxyl groups excluding tert-OH is 1. The third-order valence-corrected chi connectivity index (χ3v) is 5.19. The number of aliphatic hydroxyl groups is 1. The van der Waals surface area contributed by atoms with Gasteiger partial charge in [0.1, 0.15) is 0 Å². The Morgan fingerprint density at radius 3 is 2.64 bits per heavy atom. The maximum atomic E-state index is 12.3. The lowest BCUT2D eigenvalue weighted by atomic mass is 9.98. The van der Waals surface area contributed by atoms with Crippen molar-refractivity contribution in [3.63, 3.8) is 0 Å². The van der Waals surface area contributed by atoms with Crippen LogP contribution in [0.2, 0.25) is 0 Å². The minimum Gasteiger partial charge on any atom is -0.394 e. The maximum Gasteiger partial charge on any atom is 0.216 e. The van der Waals surface area contributed by atoms with Gasteiger partial charge in [0.2, 0.25) is 10.0 Å². The Morgan fingerprint density at radius 2 is 2.00 bits per heavy atom. The van der Waals surface area contributed by atoms with Crippen LogP contribution in [0.4, 0.5) is 0 Å². The van der Waals surface area contributed by atoms with Crippen LogP contribution in [0.15, 0.2) is 30.3 Å². The molecule has 1 heterocycles. The van der Waals surface area contributed by atoms with Crippen molar-refractivity contribution in [3.8, 4) is 0 Å². The highest BCUT2D eigenvalue weighted by Gasteiger charge is 2.33. The molecule has 7 heteroatoms. The number of sulfonamides is 1. The molecule has 1 fully saturated rings. The van der Waals surface area contributed by atoms with Crippen LogP contribution in [0.25, 0.3) is 0 Å². The molecule has 124 valence electrons. The van der Waals surface area contributed by atoms with Crippen LogP contribution in [0, 0.1) is 0 Å². The fourth-order valence-corrected chi connectivity index (χ4v) is 4.18. The molecular formula is C15H24N2O4S. The summed E-state index contributed by atoms with van der Waals surface area (Å²) in [5, 5.41) is 9.44. The molecule has 3 atom stereocenters. The molecule has 0 spiro atoms. The molecule has 4 N–H and O–H groups in total. The molecule has 2 rings (SSSR count). The van der Waals surface area contributed by atoms with Crippen molar-refractivity contribution in [3.05, 3.63) is 35.9 Å². The van der Waals surface area contributed by atoms with Crippen molar-refractivity contribution < 1.29 is 18.3 Å². The van der Waals surface area contributed by atoms with Crippen LogP contribution < -0.4 is 10.5 Å². The van der Waals surface area contributed by atoms with Crippen LogP contribution in [0.1, 0.15) is 24.8 Å². The molecule has 0 unspecified atom stereocenters. The van der Waals surface area contributed by atoms with E-state index in [1.54, 1.807) is 12.1 Å². The lowest BCUT2D eigenvalue weighted by Gasteiger charge is -2.35. The number of ether oxygens (including phenoxy) is 1. The zero-order valence-corrected chi connectivity index (χ0v) is 13.3. The minimum atomic E-state index is -3.47. The van der Waals surface area contributed by atoms with Crippen molar-refractivity contribution >= 4 is 10.0 Å². The topological polar surface area (TPSA) is 102 Å². The fraction of sp³-hybridized carbons (Fsp3) is 0.600. The highest BCUT2D eigenvalue weighted by Crippen LogP contribution is 2.22. The summed E-state index contributed by atoms with van der Waals surface area (Å²) >= 11 is 0. The van der Waals surface area contributed by atoms with Gasteiger partial charge in [-0.15, -0.1) is 0 Å². The number of benzene rings is 1. The summed E-state index contributed by atoms with van der Waals surface area (Å²) in [7, 11) is -3.47. The van der Waals surface area contributed by atoms with Crippen LogP contribution in [0.3, 0.4) is 0 Å². The van der Waals surface area contributed by atoms with Crippen LogP contribution in [0.5, 0.6) is 0 Å². The Kier molecular flexibility index (Phi) is 6.34. The number of nitrogens with one attached hydrogen (secondary N) is 1. The van der Waals surface area contributed by atoms with Gasteiger partial charge in [-0.1, -0.05) is 30.3 Å². The molecule has 0 bridgehead atoms. The SMILES string of the molecule is NCC[C@H]1CC[C@@H](NS(=O)(=O)Cc2ccccc2)[C@@H](CO)O1. The second kappa shape index (κ2) is 8.03. The van der Waals surface area contributed by atoms with E-state index in [1.165, 1.54) is 0 Å². The van der Waals surface area contributed by atoms with Gasteiger partial charge in [-0.3, -0.25) is 0 Å². The van der Waals surface area contributed by atoms with Crippen LogP contribution in [-0.4, -0.2) is 44.9 Å². The van der Waals surface area contributed by atoms with E-state index < -0.39 is 22.2 Å². The van der Waals surface area contributed by atoms with E-state index >= 15 is 0 Å².